The minimum Gasteiger partial charge on any atom is -0.342 e. The second-order valence-corrected chi connectivity index (χ2v) is 8.35. The number of rotatable bonds is 4. The molecule has 0 aliphatic carbocycles. The first-order chi connectivity index (χ1) is 14.0. The lowest BCUT2D eigenvalue weighted by atomic mass is 10.0. The number of fused-ring (bicyclic) bond motifs is 1. The smallest absolute Gasteiger partial charge is 0.255 e. The molecule has 1 saturated heterocycles. The van der Waals surface area contributed by atoms with Gasteiger partial charge in [-0.2, -0.15) is 0 Å². The topological polar surface area (TPSA) is 81.3 Å². The molecule has 4 rings (SSSR count). The maximum absolute atomic E-state index is 12.6. The predicted octanol–water partition coefficient (Wildman–Crippen LogP) is 2.52. The molecule has 2 N–H and O–H groups in total. The third-order valence-electron chi connectivity index (χ3n) is 5.78. The number of carbonyl (C=O) groups is 1. The van der Waals surface area contributed by atoms with Crippen LogP contribution in [-0.2, 0) is 24.3 Å². The molecule has 154 valence electrons. The average molecular weight is 396 g/mol. The van der Waals surface area contributed by atoms with Gasteiger partial charge in [0.2, 0.25) is 11.9 Å². The fraction of sp³-hybridized carbons (Fsp3) is 0.500. The molecule has 0 saturated carbocycles. The van der Waals surface area contributed by atoms with Crippen molar-refractivity contribution in [2.24, 2.45) is 5.92 Å². The molecule has 3 heterocycles. The molecular weight excluding hydrogens is 366 g/mol. The lowest BCUT2D eigenvalue weighted by Gasteiger charge is -2.33. The van der Waals surface area contributed by atoms with Gasteiger partial charge >= 0.3 is 0 Å². The summed E-state index contributed by atoms with van der Waals surface area (Å²) in [4.78, 5) is 36.2. The number of hydrogen-bond donors (Lipinski definition) is 2. The van der Waals surface area contributed by atoms with Crippen LogP contribution in [0.3, 0.4) is 0 Å². The molecule has 7 heteroatoms. The van der Waals surface area contributed by atoms with Gasteiger partial charge in [0.1, 0.15) is 0 Å². The van der Waals surface area contributed by atoms with Gasteiger partial charge in [-0.1, -0.05) is 19.1 Å². The third kappa shape index (κ3) is 4.67. The lowest BCUT2D eigenvalue weighted by Crippen LogP contribution is -2.39. The highest BCUT2D eigenvalue weighted by molar-refractivity contribution is 5.88. The second-order valence-electron chi connectivity index (χ2n) is 8.35. The molecule has 0 bridgehead atoms. The molecule has 0 spiro atoms. The standard InChI is InChI=1S/C22H29N5O2/c1-15-4-3-10-27(12-15)22-24-20-14-26(11-9-19(20)21(29)25-22)13-17-5-7-18(8-6-17)23-16(2)28/h5-8,15H,3-4,9-14H2,1-2H3,(H,23,28)(H,24,25,29)/t15-/m1/s1. The Balaban J connectivity index is 1.47. The molecule has 29 heavy (non-hydrogen) atoms. The Morgan fingerprint density at radius 2 is 2.07 bits per heavy atom. The zero-order chi connectivity index (χ0) is 20.4. The van der Waals surface area contributed by atoms with Gasteiger partial charge in [0.15, 0.2) is 0 Å². The summed E-state index contributed by atoms with van der Waals surface area (Å²) in [5.74, 6) is 1.28. The fourth-order valence-electron chi connectivity index (χ4n) is 4.30. The summed E-state index contributed by atoms with van der Waals surface area (Å²) in [7, 11) is 0. The lowest BCUT2D eigenvalue weighted by molar-refractivity contribution is -0.114. The minimum atomic E-state index is -0.0689. The molecule has 2 aliphatic rings. The van der Waals surface area contributed by atoms with Gasteiger partial charge in [0, 0.05) is 50.9 Å². The summed E-state index contributed by atoms with van der Waals surface area (Å²) in [5.41, 5.74) is 3.73. The molecular formula is C22H29N5O2. The Labute approximate surface area is 171 Å². The van der Waals surface area contributed by atoms with Crippen LogP contribution in [0.15, 0.2) is 29.1 Å². The first kappa shape index (κ1) is 19.6. The summed E-state index contributed by atoms with van der Waals surface area (Å²) in [6.45, 7) is 7.98. The van der Waals surface area contributed by atoms with Gasteiger partial charge < -0.3 is 10.2 Å². The van der Waals surface area contributed by atoms with E-state index < -0.39 is 0 Å². The summed E-state index contributed by atoms with van der Waals surface area (Å²) >= 11 is 0. The average Bonchev–Trinajstić information content (AvgIpc) is 2.69. The number of carbonyl (C=O) groups excluding carboxylic acids is 1. The van der Waals surface area contributed by atoms with E-state index in [1.807, 2.05) is 24.3 Å². The number of nitrogens with one attached hydrogen (secondary N) is 2. The fourth-order valence-corrected chi connectivity index (χ4v) is 4.30. The highest BCUT2D eigenvalue weighted by atomic mass is 16.1. The van der Waals surface area contributed by atoms with E-state index >= 15 is 0 Å². The van der Waals surface area contributed by atoms with Crippen LogP contribution < -0.4 is 15.8 Å². The zero-order valence-corrected chi connectivity index (χ0v) is 17.2. The Morgan fingerprint density at radius 3 is 2.79 bits per heavy atom. The monoisotopic (exact) mass is 395 g/mol. The van der Waals surface area contributed by atoms with Crippen LogP contribution in [0.25, 0.3) is 0 Å². The normalized spacial score (nSPS) is 19.7. The Hall–Kier alpha value is -2.67. The van der Waals surface area contributed by atoms with Gasteiger partial charge in [0.05, 0.1) is 5.69 Å². The van der Waals surface area contributed by atoms with E-state index in [9.17, 15) is 9.59 Å². The van der Waals surface area contributed by atoms with Crippen LogP contribution >= 0.6 is 0 Å². The van der Waals surface area contributed by atoms with Crippen molar-refractivity contribution in [3.63, 3.8) is 0 Å². The van der Waals surface area contributed by atoms with Crippen LogP contribution in [0.2, 0.25) is 0 Å². The van der Waals surface area contributed by atoms with E-state index in [0.29, 0.717) is 12.5 Å². The van der Waals surface area contributed by atoms with Gasteiger partial charge in [-0.05, 0) is 42.9 Å². The van der Waals surface area contributed by atoms with E-state index in [0.717, 1.165) is 61.9 Å². The predicted molar refractivity (Wildman–Crippen MR) is 114 cm³/mol. The molecule has 0 radical (unpaired) electrons. The quantitative estimate of drug-likeness (QED) is 0.831. The van der Waals surface area contributed by atoms with Crippen LogP contribution in [-0.4, -0.2) is 40.4 Å². The van der Waals surface area contributed by atoms with E-state index in [2.05, 4.69) is 27.0 Å². The molecule has 1 amide bonds. The van der Waals surface area contributed by atoms with Crippen LogP contribution in [0, 0.1) is 5.92 Å². The van der Waals surface area contributed by atoms with Crippen LogP contribution in [0.5, 0.6) is 0 Å². The van der Waals surface area contributed by atoms with Crippen molar-refractivity contribution in [1.29, 1.82) is 0 Å². The number of hydrogen-bond acceptors (Lipinski definition) is 5. The number of nitrogens with zero attached hydrogens (tertiary/aromatic N) is 3. The molecule has 1 aromatic carbocycles. The van der Waals surface area contributed by atoms with Crippen molar-refractivity contribution < 1.29 is 4.79 Å². The van der Waals surface area contributed by atoms with E-state index in [-0.39, 0.29) is 11.5 Å². The molecule has 2 aliphatic heterocycles. The van der Waals surface area contributed by atoms with Gasteiger partial charge in [-0.3, -0.25) is 19.5 Å². The molecule has 0 unspecified atom stereocenters. The summed E-state index contributed by atoms with van der Waals surface area (Å²) in [6, 6.07) is 7.92. The van der Waals surface area contributed by atoms with Crippen molar-refractivity contribution in [2.75, 3.05) is 29.9 Å². The Bertz CT molecular complexity index is 937. The summed E-state index contributed by atoms with van der Waals surface area (Å²) in [6.07, 6.45) is 3.10. The van der Waals surface area contributed by atoms with Gasteiger partial charge in [0.25, 0.3) is 5.56 Å². The maximum atomic E-state index is 12.6. The first-order valence-corrected chi connectivity index (χ1v) is 10.4. The summed E-state index contributed by atoms with van der Waals surface area (Å²) < 4.78 is 0. The van der Waals surface area contributed by atoms with Crippen LogP contribution in [0.1, 0.15) is 43.5 Å². The number of piperidine rings is 1. The van der Waals surface area contributed by atoms with Crippen molar-refractivity contribution >= 4 is 17.5 Å². The van der Waals surface area contributed by atoms with Gasteiger partial charge in [-0.25, -0.2) is 4.98 Å². The SMILES string of the molecule is CC(=O)Nc1ccc(CN2CCc3c(nc(N4CCC[C@@H](C)C4)[nH]c3=O)C2)cc1. The number of aromatic amines is 1. The van der Waals surface area contributed by atoms with Crippen molar-refractivity contribution in [2.45, 2.75) is 46.2 Å². The number of amides is 1. The highest BCUT2D eigenvalue weighted by Gasteiger charge is 2.24. The molecule has 2 aromatic rings. The molecule has 1 atom stereocenters. The van der Waals surface area contributed by atoms with Gasteiger partial charge in [-0.15, -0.1) is 0 Å². The second kappa shape index (κ2) is 8.37. The van der Waals surface area contributed by atoms with E-state index in [1.165, 1.54) is 18.9 Å². The summed E-state index contributed by atoms with van der Waals surface area (Å²) in [5, 5.41) is 2.79. The zero-order valence-electron chi connectivity index (χ0n) is 17.2. The van der Waals surface area contributed by atoms with E-state index in [1.54, 1.807) is 0 Å². The Kier molecular flexibility index (Phi) is 5.67. The maximum Gasteiger partial charge on any atom is 0.255 e. The molecule has 7 nitrogen and oxygen atoms in total. The number of H-pyrrole nitrogens is 1. The highest BCUT2D eigenvalue weighted by Crippen LogP contribution is 2.22. The number of anilines is 2. The van der Waals surface area contributed by atoms with Crippen LogP contribution in [0.4, 0.5) is 11.6 Å². The Morgan fingerprint density at radius 1 is 1.28 bits per heavy atom. The largest absolute Gasteiger partial charge is 0.342 e. The van der Waals surface area contributed by atoms with Crippen molar-refractivity contribution in [1.82, 2.24) is 14.9 Å². The third-order valence-corrected chi connectivity index (χ3v) is 5.78. The first-order valence-electron chi connectivity index (χ1n) is 10.4. The minimum absolute atomic E-state index is 0.0162. The van der Waals surface area contributed by atoms with E-state index in [4.69, 9.17) is 4.98 Å². The number of aromatic nitrogens is 2. The van der Waals surface area contributed by atoms with Crippen molar-refractivity contribution in [3.8, 4) is 0 Å². The molecule has 1 aromatic heterocycles. The number of benzene rings is 1. The molecule has 1 fully saturated rings. The van der Waals surface area contributed by atoms with Crippen molar-refractivity contribution in [3.05, 3.63) is 51.4 Å².